The Hall–Kier alpha value is -2.09. The molecule has 0 saturated heterocycles. The van der Waals surface area contributed by atoms with Gasteiger partial charge in [-0.05, 0) is 36.6 Å². The second kappa shape index (κ2) is 4.42. The van der Waals surface area contributed by atoms with E-state index in [9.17, 15) is 9.90 Å². The first-order valence-electron chi connectivity index (χ1n) is 5.49. The van der Waals surface area contributed by atoms with Gasteiger partial charge in [-0.2, -0.15) is 0 Å². The van der Waals surface area contributed by atoms with Gasteiger partial charge >= 0.3 is 0 Å². The number of benzene rings is 2. The normalized spacial score (nSPS) is 10.2. The van der Waals surface area contributed by atoms with Crippen LogP contribution in [0.1, 0.15) is 22.8 Å². The maximum absolute atomic E-state index is 11.2. The smallest absolute Gasteiger partial charge is 0.159 e. The van der Waals surface area contributed by atoms with E-state index in [1.807, 2.05) is 31.2 Å². The van der Waals surface area contributed by atoms with E-state index in [2.05, 4.69) is 0 Å². The van der Waals surface area contributed by atoms with Gasteiger partial charge in [-0.3, -0.25) is 4.79 Å². The van der Waals surface area contributed by atoms with Crippen LogP contribution >= 0.6 is 0 Å². The third kappa shape index (κ3) is 2.36. The molecule has 2 aromatic carbocycles. The SMILES string of the molecule is CC(=O)c1ccc(-c2ccc(C)c(O)c2)cc1. The molecule has 0 unspecified atom stereocenters. The van der Waals surface area contributed by atoms with Gasteiger partial charge in [0.25, 0.3) is 0 Å². The molecule has 0 saturated carbocycles. The molecule has 0 radical (unpaired) electrons. The lowest BCUT2D eigenvalue weighted by Crippen LogP contribution is -1.90. The van der Waals surface area contributed by atoms with Crippen molar-refractivity contribution >= 4 is 5.78 Å². The van der Waals surface area contributed by atoms with Crippen molar-refractivity contribution < 1.29 is 9.90 Å². The van der Waals surface area contributed by atoms with Gasteiger partial charge in [0.2, 0.25) is 0 Å². The van der Waals surface area contributed by atoms with E-state index < -0.39 is 0 Å². The second-order valence-corrected chi connectivity index (χ2v) is 4.13. The van der Waals surface area contributed by atoms with E-state index in [1.54, 1.807) is 25.1 Å². The summed E-state index contributed by atoms with van der Waals surface area (Å²) in [5.74, 6) is 0.349. The molecule has 2 heteroatoms. The predicted octanol–water partition coefficient (Wildman–Crippen LogP) is 3.57. The number of hydrogen-bond acceptors (Lipinski definition) is 2. The Kier molecular flexibility index (Phi) is 2.96. The molecule has 0 spiro atoms. The standard InChI is InChI=1S/C15H14O2/c1-10-3-4-14(9-15(10)17)13-7-5-12(6-8-13)11(2)16/h3-9,17H,1-2H3. The molecule has 0 atom stereocenters. The van der Waals surface area contributed by atoms with Crippen molar-refractivity contribution in [2.45, 2.75) is 13.8 Å². The molecule has 0 aromatic heterocycles. The highest BCUT2D eigenvalue weighted by Gasteiger charge is 2.03. The molecular formula is C15H14O2. The van der Waals surface area contributed by atoms with E-state index in [0.717, 1.165) is 16.7 Å². The Balaban J connectivity index is 2.39. The number of carbonyl (C=O) groups is 1. The number of rotatable bonds is 2. The van der Waals surface area contributed by atoms with Crippen molar-refractivity contribution in [3.05, 3.63) is 53.6 Å². The summed E-state index contributed by atoms with van der Waals surface area (Å²) in [6.07, 6.45) is 0. The van der Waals surface area contributed by atoms with Crippen molar-refractivity contribution in [2.24, 2.45) is 0 Å². The van der Waals surface area contributed by atoms with Crippen molar-refractivity contribution in [3.8, 4) is 16.9 Å². The first-order chi connectivity index (χ1) is 8.08. The lowest BCUT2D eigenvalue weighted by atomic mass is 10.0. The number of ketones is 1. The topological polar surface area (TPSA) is 37.3 Å². The van der Waals surface area contributed by atoms with Crippen LogP contribution in [0.5, 0.6) is 5.75 Å². The minimum atomic E-state index is 0.0586. The summed E-state index contributed by atoms with van der Waals surface area (Å²) in [5.41, 5.74) is 3.49. The summed E-state index contributed by atoms with van der Waals surface area (Å²) < 4.78 is 0. The first-order valence-corrected chi connectivity index (χ1v) is 5.49. The van der Waals surface area contributed by atoms with Crippen LogP contribution in [0, 0.1) is 6.92 Å². The highest BCUT2D eigenvalue weighted by molar-refractivity contribution is 5.94. The van der Waals surface area contributed by atoms with Crippen LogP contribution in [0.3, 0.4) is 0 Å². The van der Waals surface area contributed by atoms with Gasteiger partial charge in [0.05, 0.1) is 0 Å². The molecule has 0 heterocycles. The Morgan fingerprint density at radius 3 is 2.12 bits per heavy atom. The Bertz CT molecular complexity index is 554. The summed E-state index contributed by atoms with van der Waals surface area (Å²) in [4.78, 5) is 11.2. The average molecular weight is 226 g/mol. The maximum atomic E-state index is 11.2. The lowest BCUT2D eigenvalue weighted by Gasteiger charge is -2.05. The molecule has 0 fully saturated rings. The van der Waals surface area contributed by atoms with Gasteiger partial charge < -0.3 is 5.11 Å². The Labute approximate surface area is 101 Å². The van der Waals surface area contributed by atoms with Crippen molar-refractivity contribution in [1.82, 2.24) is 0 Å². The number of carbonyl (C=O) groups excluding carboxylic acids is 1. The largest absolute Gasteiger partial charge is 0.508 e. The number of aryl methyl sites for hydroxylation is 1. The molecule has 0 aliphatic rings. The maximum Gasteiger partial charge on any atom is 0.159 e. The fourth-order valence-corrected chi connectivity index (χ4v) is 1.69. The third-order valence-electron chi connectivity index (χ3n) is 2.83. The zero-order chi connectivity index (χ0) is 12.4. The van der Waals surface area contributed by atoms with E-state index in [1.165, 1.54) is 0 Å². The van der Waals surface area contributed by atoms with Crippen molar-refractivity contribution in [2.75, 3.05) is 0 Å². The zero-order valence-electron chi connectivity index (χ0n) is 9.90. The van der Waals surface area contributed by atoms with Gasteiger partial charge in [0.15, 0.2) is 5.78 Å². The molecule has 0 aliphatic heterocycles. The molecule has 2 aromatic rings. The molecule has 0 amide bonds. The van der Waals surface area contributed by atoms with Crippen molar-refractivity contribution in [3.63, 3.8) is 0 Å². The number of aromatic hydroxyl groups is 1. The van der Waals surface area contributed by atoms with Crippen LogP contribution in [0.15, 0.2) is 42.5 Å². The summed E-state index contributed by atoms with van der Waals surface area (Å²) >= 11 is 0. The summed E-state index contributed by atoms with van der Waals surface area (Å²) in [6.45, 7) is 3.41. The van der Waals surface area contributed by atoms with Gasteiger partial charge in [-0.25, -0.2) is 0 Å². The van der Waals surface area contributed by atoms with E-state index >= 15 is 0 Å². The number of phenols is 1. The van der Waals surface area contributed by atoms with Crippen LogP contribution in [-0.4, -0.2) is 10.9 Å². The molecular weight excluding hydrogens is 212 g/mol. The number of hydrogen-bond donors (Lipinski definition) is 1. The number of phenolic OH excluding ortho intramolecular Hbond substituents is 1. The third-order valence-corrected chi connectivity index (χ3v) is 2.83. The minimum Gasteiger partial charge on any atom is -0.508 e. The molecule has 17 heavy (non-hydrogen) atoms. The zero-order valence-corrected chi connectivity index (χ0v) is 9.90. The van der Waals surface area contributed by atoms with Gasteiger partial charge in [-0.1, -0.05) is 36.4 Å². The molecule has 2 nitrogen and oxygen atoms in total. The first kappa shape index (κ1) is 11.4. The molecule has 0 aliphatic carbocycles. The van der Waals surface area contributed by atoms with Gasteiger partial charge in [0, 0.05) is 5.56 Å². The highest BCUT2D eigenvalue weighted by Crippen LogP contribution is 2.26. The summed E-state index contributed by atoms with van der Waals surface area (Å²) in [5, 5.41) is 9.65. The fraction of sp³-hybridized carbons (Fsp3) is 0.133. The quantitative estimate of drug-likeness (QED) is 0.795. The molecule has 86 valence electrons. The molecule has 2 rings (SSSR count). The van der Waals surface area contributed by atoms with Crippen LogP contribution in [0.2, 0.25) is 0 Å². The van der Waals surface area contributed by atoms with Gasteiger partial charge in [0.1, 0.15) is 5.75 Å². The van der Waals surface area contributed by atoms with E-state index in [-0.39, 0.29) is 11.5 Å². The molecule has 0 bridgehead atoms. The van der Waals surface area contributed by atoms with Crippen molar-refractivity contribution in [1.29, 1.82) is 0 Å². The van der Waals surface area contributed by atoms with Crippen LogP contribution in [0.4, 0.5) is 0 Å². The summed E-state index contributed by atoms with van der Waals surface area (Å²) in [7, 11) is 0. The van der Waals surface area contributed by atoms with Gasteiger partial charge in [-0.15, -0.1) is 0 Å². The van der Waals surface area contributed by atoms with Crippen LogP contribution in [0.25, 0.3) is 11.1 Å². The fourth-order valence-electron chi connectivity index (χ4n) is 1.69. The Morgan fingerprint density at radius 2 is 1.59 bits per heavy atom. The monoisotopic (exact) mass is 226 g/mol. The highest BCUT2D eigenvalue weighted by atomic mass is 16.3. The van der Waals surface area contributed by atoms with Crippen LogP contribution < -0.4 is 0 Å². The second-order valence-electron chi connectivity index (χ2n) is 4.13. The predicted molar refractivity (Wildman–Crippen MR) is 68.3 cm³/mol. The number of Topliss-reactive ketones (excluding diaryl/α,β-unsaturated/α-hetero) is 1. The Morgan fingerprint density at radius 1 is 1.00 bits per heavy atom. The van der Waals surface area contributed by atoms with E-state index in [0.29, 0.717) is 5.56 Å². The van der Waals surface area contributed by atoms with E-state index in [4.69, 9.17) is 0 Å². The van der Waals surface area contributed by atoms with Crippen LogP contribution in [-0.2, 0) is 0 Å². The average Bonchev–Trinajstić information content (AvgIpc) is 2.33. The molecule has 1 N–H and O–H groups in total. The summed E-state index contributed by atoms with van der Waals surface area (Å²) in [6, 6.07) is 12.9. The minimum absolute atomic E-state index is 0.0586. The lowest BCUT2D eigenvalue weighted by molar-refractivity contribution is 0.101.